The molecule has 0 bridgehead atoms. The van der Waals surface area contributed by atoms with Crippen LogP contribution in [0.1, 0.15) is 42.9 Å². The van der Waals surface area contributed by atoms with Crippen LogP contribution in [0.3, 0.4) is 0 Å². The number of halogens is 2. The number of carbonyl (C=O) groups is 3. The van der Waals surface area contributed by atoms with Gasteiger partial charge in [-0.2, -0.15) is 0 Å². The zero-order chi connectivity index (χ0) is 22.5. The lowest BCUT2D eigenvalue weighted by Gasteiger charge is -2.25. The minimum absolute atomic E-state index is 0.0130. The van der Waals surface area contributed by atoms with E-state index in [0.717, 1.165) is 4.47 Å². The summed E-state index contributed by atoms with van der Waals surface area (Å²) < 4.78 is 15.4. The summed E-state index contributed by atoms with van der Waals surface area (Å²) in [6, 6.07) is 11.3. The average Bonchev–Trinajstić information content (AvgIpc) is 2.98. The summed E-state index contributed by atoms with van der Waals surface area (Å²) in [5.41, 5.74) is 0.290. The number of likely N-dealkylation sites (tertiary alicyclic amines) is 1. The van der Waals surface area contributed by atoms with E-state index in [1.807, 2.05) is 0 Å². The second-order valence-electron chi connectivity index (χ2n) is 7.23. The summed E-state index contributed by atoms with van der Waals surface area (Å²) in [7, 11) is 0. The van der Waals surface area contributed by atoms with Gasteiger partial charge in [0.15, 0.2) is 0 Å². The molecule has 1 heterocycles. The van der Waals surface area contributed by atoms with Crippen LogP contribution in [0.4, 0.5) is 4.39 Å². The molecule has 2 aromatic rings. The molecule has 2 aromatic carbocycles. The van der Waals surface area contributed by atoms with E-state index < -0.39 is 29.5 Å². The summed E-state index contributed by atoms with van der Waals surface area (Å²) >= 11 is 3.30. The molecule has 0 aromatic heterocycles. The van der Waals surface area contributed by atoms with Crippen LogP contribution in [0.25, 0.3) is 5.76 Å². The number of amides is 1. The number of aliphatic hydroxyl groups excluding tert-OH is 1. The van der Waals surface area contributed by atoms with E-state index in [0.29, 0.717) is 24.8 Å². The topological polar surface area (TPSA) is 94.9 Å². The quantitative estimate of drug-likeness (QED) is 0.243. The summed E-state index contributed by atoms with van der Waals surface area (Å²) in [5, 5.41) is 19.6. The number of nitrogens with zero attached hydrogens (tertiary/aromatic N) is 1. The van der Waals surface area contributed by atoms with E-state index in [2.05, 4.69) is 15.9 Å². The van der Waals surface area contributed by atoms with Crippen LogP contribution in [0, 0.1) is 5.82 Å². The summed E-state index contributed by atoms with van der Waals surface area (Å²) in [6.45, 7) is 0.139. The molecule has 0 saturated carbocycles. The molecule has 31 heavy (non-hydrogen) atoms. The largest absolute Gasteiger partial charge is 0.507 e. The van der Waals surface area contributed by atoms with Crippen molar-refractivity contribution in [2.75, 3.05) is 6.54 Å². The number of aliphatic hydroxyl groups is 1. The Morgan fingerprint density at radius 2 is 1.68 bits per heavy atom. The van der Waals surface area contributed by atoms with Crippen molar-refractivity contribution in [2.24, 2.45) is 0 Å². The van der Waals surface area contributed by atoms with Gasteiger partial charge in [0.2, 0.25) is 0 Å². The number of rotatable bonds is 8. The molecule has 1 aliphatic heterocycles. The zero-order valence-electron chi connectivity index (χ0n) is 16.6. The number of carbonyl (C=O) groups excluding carboxylic acids is 2. The first kappa shape index (κ1) is 22.7. The highest BCUT2D eigenvalue weighted by Crippen LogP contribution is 2.40. The molecule has 1 amide bonds. The highest BCUT2D eigenvalue weighted by Gasteiger charge is 2.46. The van der Waals surface area contributed by atoms with Gasteiger partial charge >= 0.3 is 5.97 Å². The van der Waals surface area contributed by atoms with E-state index >= 15 is 0 Å². The predicted octanol–water partition coefficient (Wildman–Crippen LogP) is 4.65. The van der Waals surface area contributed by atoms with Gasteiger partial charge in [-0.3, -0.25) is 14.4 Å². The molecule has 0 aliphatic carbocycles. The van der Waals surface area contributed by atoms with Crippen LogP contribution < -0.4 is 0 Å². The van der Waals surface area contributed by atoms with Crippen LogP contribution in [0.2, 0.25) is 0 Å². The third-order valence-corrected chi connectivity index (χ3v) is 5.68. The lowest BCUT2D eigenvalue weighted by Crippen LogP contribution is -2.31. The molecule has 0 radical (unpaired) electrons. The normalized spacial score (nSPS) is 17.9. The number of hydrogen-bond donors (Lipinski definition) is 2. The Labute approximate surface area is 187 Å². The number of aliphatic carboxylic acids is 1. The minimum Gasteiger partial charge on any atom is -0.507 e. The van der Waals surface area contributed by atoms with Gasteiger partial charge in [-0.15, -0.1) is 0 Å². The van der Waals surface area contributed by atoms with Gasteiger partial charge in [0.1, 0.15) is 11.6 Å². The number of Topliss-reactive ketones (excluding diaryl/α,β-unsaturated/α-hetero) is 1. The van der Waals surface area contributed by atoms with Crippen molar-refractivity contribution < 1.29 is 29.0 Å². The van der Waals surface area contributed by atoms with Crippen molar-refractivity contribution in [1.82, 2.24) is 4.90 Å². The molecular weight excluding hydrogens is 469 g/mol. The van der Waals surface area contributed by atoms with Gasteiger partial charge in [-0.05, 0) is 31.0 Å². The van der Waals surface area contributed by atoms with E-state index in [-0.39, 0.29) is 29.9 Å². The maximum Gasteiger partial charge on any atom is 0.303 e. The van der Waals surface area contributed by atoms with Gasteiger partial charge in [0.25, 0.3) is 11.7 Å². The fourth-order valence-electron chi connectivity index (χ4n) is 3.63. The van der Waals surface area contributed by atoms with Crippen molar-refractivity contribution in [2.45, 2.75) is 31.7 Å². The minimum atomic E-state index is -1.07. The molecule has 3 rings (SSSR count). The van der Waals surface area contributed by atoms with Crippen molar-refractivity contribution in [1.29, 1.82) is 0 Å². The third-order valence-electron chi connectivity index (χ3n) is 5.15. The van der Waals surface area contributed by atoms with Crippen molar-refractivity contribution in [3.8, 4) is 0 Å². The predicted molar refractivity (Wildman–Crippen MR) is 116 cm³/mol. The van der Waals surface area contributed by atoms with Gasteiger partial charge in [-0.1, -0.05) is 52.7 Å². The molecule has 162 valence electrons. The number of carboxylic acids is 1. The lowest BCUT2D eigenvalue weighted by atomic mass is 9.95. The number of hydrogen-bond acceptors (Lipinski definition) is 4. The number of unbranched alkanes of at least 4 members (excludes halogenated alkanes) is 2. The Balaban J connectivity index is 1.99. The van der Waals surface area contributed by atoms with Crippen molar-refractivity contribution in [3.05, 3.63) is 75.5 Å². The zero-order valence-corrected chi connectivity index (χ0v) is 18.1. The molecule has 1 aliphatic rings. The first-order valence-corrected chi connectivity index (χ1v) is 10.6. The molecule has 2 N–H and O–H groups in total. The second-order valence-corrected chi connectivity index (χ2v) is 8.14. The van der Waals surface area contributed by atoms with Crippen LogP contribution in [-0.4, -0.2) is 39.3 Å². The van der Waals surface area contributed by atoms with Gasteiger partial charge in [-0.25, -0.2) is 4.39 Å². The molecule has 1 atom stereocenters. The molecule has 0 unspecified atom stereocenters. The Morgan fingerprint density at radius 3 is 2.32 bits per heavy atom. The number of carboxylic acid groups (broad SMARTS) is 1. The fourth-order valence-corrected chi connectivity index (χ4v) is 3.89. The Kier molecular flexibility index (Phi) is 7.22. The van der Waals surface area contributed by atoms with E-state index in [1.54, 1.807) is 30.3 Å². The Bertz CT molecular complexity index is 1030. The average molecular weight is 490 g/mol. The fraction of sp³-hybridized carbons (Fsp3) is 0.261. The van der Waals surface area contributed by atoms with Crippen molar-refractivity contribution >= 4 is 39.3 Å². The van der Waals surface area contributed by atoms with E-state index in [1.165, 1.54) is 23.1 Å². The molecule has 1 fully saturated rings. The maximum atomic E-state index is 14.7. The molecular formula is C23H21BrFNO5. The van der Waals surface area contributed by atoms with E-state index in [9.17, 15) is 23.9 Å². The summed E-state index contributed by atoms with van der Waals surface area (Å²) in [6.07, 6.45) is 1.43. The first-order chi connectivity index (χ1) is 14.8. The summed E-state index contributed by atoms with van der Waals surface area (Å²) in [5.74, 6) is -3.55. The highest BCUT2D eigenvalue weighted by molar-refractivity contribution is 9.10. The van der Waals surface area contributed by atoms with Crippen LogP contribution in [0.5, 0.6) is 0 Å². The van der Waals surface area contributed by atoms with Crippen LogP contribution in [0.15, 0.2) is 58.6 Å². The third kappa shape index (κ3) is 5.02. The van der Waals surface area contributed by atoms with Gasteiger partial charge in [0, 0.05) is 28.6 Å². The maximum absolute atomic E-state index is 14.7. The lowest BCUT2D eigenvalue weighted by molar-refractivity contribution is -0.140. The monoisotopic (exact) mass is 489 g/mol. The number of ketones is 1. The van der Waals surface area contributed by atoms with Crippen LogP contribution in [-0.2, 0) is 14.4 Å². The molecule has 0 spiro atoms. The van der Waals surface area contributed by atoms with Gasteiger partial charge in [0.05, 0.1) is 11.6 Å². The van der Waals surface area contributed by atoms with Crippen LogP contribution >= 0.6 is 15.9 Å². The standard InChI is InChI=1S/C23H21BrFNO5/c24-15-11-9-14(10-12-15)21(29)19-20(16-6-3-4-7-17(16)25)26(23(31)22(19)30)13-5-1-2-8-18(27)28/h3-4,6-7,9-12,20,29H,1-2,5,8,13H2,(H,27,28)/b21-19+/t20-/m0/s1. The van der Waals surface area contributed by atoms with E-state index in [4.69, 9.17) is 5.11 Å². The molecule has 8 heteroatoms. The smallest absolute Gasteiger partial charge is 0.303 e. The Hall–Kier alpha value is -3.00. The molecule has 6 nitrogen and oxygen atoms in total. The summed E-state index contributed by atoms with van der Waals surface area (Å²) in [4.78, 5) is 37.6. The Morgan fingerprint density at radius 1 is 1.00 bits per heavy atom. The first-order valence-electron chi connectivity index (χ1n) is 9.82. The highest BCUT2D eigenvalue weighted by atomic mass is 79.9. The number of benzene rings is 2. The van der Waals surface area contributed by atoms with Gasteiger partial charge < -0.3 is 15.1 Å². The molecule has 1 saturated heterocycles. The second kappa shape index (κ2) is 9.87. The van der Waals surface area contributed by atoms with Crippen molar-refractivity contribution in [3.63, 3.8) is 0 Å². The SMILES string of the molecule is O=C(O)CCCCCN1C(=O)C(=O)/C(=C(/O)c2ccc(Br)cc2)[C@@H]1c1ccccc1F.